The van der Waals surface area contributed by atoms with Gasteiger partial charge in [0.2, 0.25) is 5.95 Å². The van der Waals surface area contributed by atoms with Crippen LogP contribution in [0.4, 0.5) is 19.1 Å². The van der Waals surface area contributed by atoms with Gasteiger partial charge in [0.05, 0.1) is 23.6 Å². The lowest BCUT2D eigenvalue weighted by Gasteiger charge is -2.12. The molecular weight excluding hydrogens is 415 g/mol. The molecule has 0 atom stereocenters. The number of benzene rings is 1. The number of alkyl halides is 3. The lowest BCUT2D eigenvalue weighted by atomic mass is 10.0. The van der Waals surface area contributed by atoms with Gasteiger partial charge in [0.25, 0.3) is 5.91 Å². The quantitative estimate of drug-likeness (QED) is 0.501. The van der Waals surface area contributed by atoms with Crippen LogP contribution in [0.25, 0.3) is 16.9 Å². The van der Waals surface area contributed by atoms with E-state index in [-0.39, 0.29) is 28.9 Å². The Bertz CT molecular complexity index is 1260. The number of fused-ring (bicyclic) bond motifs is 1. The molecule has 3 heterocycles. The maximum atomic E-state index is 13.4. The van der Waals surface area contributed by atoms with E-state index >= 15 is 0 Å². The number of aryl methyl sites for hydroxylation is 1. The number of aromatic amines is 1. The molecular formula is C19H16F3N7O2. The molecule has 2 N–H and O–H groups in total. The number of anilines is 1. The van der Waals surface area contributed by atoms with Gasteiger partial charge in [-0.2, -0.15) is 23.3 Å². The van der Waals surface area contributed by atoms with E-state index in [0.717, 1.165) is 6.07 Å². The maximum Gasteiger partial charge on any atom is 0.417 e. The van der Waals surface area contributed by atoms with Crippen molar-refractivity contribution in [2.75, 3.05) is 11.9 Å². The summed E-state index contributed by atoms with van der Waals surface area (Å²) in [6.07, 6.45) is -4.55. The molecule has 3 aromatic heterocycles. The van der Waals surface area contributed by atoms with Gasteiger partial charge in [-0.1, -0.05) is 18.2 Å². The van der Waals surface area contributed by atoms with Crippen molar-refractivity contribution in [1.29, 1.82) is 0 Å². The molecule has 0 aliphatic heterocycles. The van der Waals surface area contributed by atoms with E-state index < -0.39 is 17.6 Å². The van der Waals surface area contributed by atoms with Crippen LogP contribution in [0.3, 0.4) is 0 Å². The second-order valence-electron chi connectivity index (χ2n) is 6.43. The standard InChI is InChI=1S/C19H16F3N7O2/c1-3-31-18-25-17(26-27-18)24-16(30)15-10(2)23-14-9-8-13(28-29(14)15)11-6-4-5-7-12(11)19(20,21)22/h4-9H,3H2,1-2H3,(H2,24,25,26,27,30). The summed E-state index contributed by atoms with van der Waals surface area (Å²) in [6.45, 7) is 3.71. The van der Waals surface area contributed by atoms with E-state index in [4.69, 9.17) is 4.74 Å². The zero-order valence-electron chi connectivity index (χ0n) is 16.4. The SMILES string of the molecule is CCOc1n[nH]c(NC(=O)c2c(C)nc3ccc(-c4ccccc4C(F)(F)F)nn23)n1. The lowest BCUT2D eigenvalue weighted by molar-refractivity contribution is -0.137. The first-order chi connectivity index (χ1) is 14.8. The minimum Gasteiger partial charge on any atom is -0.463 e. The zero-order valence-corrected chi connectivity index (χ0v) is 16.4. The number of nitrogens with one attached hydrogen (secondary N) is 2. The van der Waals surface area contributed by atoms with Crippen LogP contribution in [0.5, 0.6) is 6.01 Å². The average molecular weight is 431 g/mol. The monoisotopic (exact) mass is 431 g/mol. The molecule has 0 fully saturated rings. The first kappa shape index (κ1) is 20.3. The van der Waals surface area contributed by atoms with Crippen molar-refractivity contribution < 1.29 is 22.7 Å². The first-order valence-electron chi connectivity index (χ1n) is 9.17. The Morgan fingerprint density at radius 2 is 1.97 bits per heavy atom. The Kier molecular flexibility index (Phi) is 5.05. The molecule has 0 bridgehead atoms. The highest BCUT2D eigenvalue weighted by molar-refractivity contribution is 6.03. The number of carbonyl (C=O) groups excluding carboxylic acids is 1. The van der Waals surface area contributed by atoms with Crippen LogP contribution < -0.4 is 10.1 Å². The summed E-state index contributed by atoms with van der Waals surface area (Å²) >= 11 is 0. The minimum absolute atomic E-state index is 0.0429. The molecule has 0 aliphatic rings. The van der Waals surface area contributed by atoms with Gasteiger partial charge in [-0.15, -0.1) is 5.10 Å². The average Bonchev–Trinajstić information content (AvgIpc) is 3.29. The highest BCUT2D eigenvalue weighted by atomic mass is 19.4. The Morgan fingerprint density at radius 3 is 2.71 bits per heavy atom. The number of halogens is 3. The molecule has 1 aromatic carbocycles. The number of imidazole rings is 1. The molecule has 0 saturated heterocycles. The van der Waals surface area contributed by atoms with Gasteiger partial charge in [-0.25, -0.2) is 14.6 Å². The highest BCUT2D eigenvalue weighted by Gasteiger charge is 2.34. The zero-order chi connectivity index (χ0) is 22.2. The predicted octanol–water partition coefficient (Wildman–Crippen LogP) is 3.49. The maximum absolute atomic E-state index is 13.4. The van der Waals surface area contributed by atoms with Crippen LogP contribution in [-0.4, -0.2) is 42.3 Å². The summed E-state index contributed by atoms with van der Waals surface area (Å²) in [6, 6.07) is 8.09. The van der Waals surface area contributed by atoms with Gasteiger partial charge in [0.1, 0.15) is 0 Å². The van der Waals surface area contributed by atoms with E-state index in [1.54, 1.807) is 13.8 Å². The number of amides is 1. The summed E-state index contributed by atoms with van der Waals surface area (Å²) in [5.41, 5.74) is -0.179. The van der Waals surface area contributed by atoms with Crippen LogP contribution in [0.1, 0.15) is 28.7 Å². The van der Waals surface area contributed by atoms with Crippen molar-refractivity contribution in [3.8, 4) is 17.3 Å². The molecule has 4 aromatic rings. The number of ether oxygens (including phenoxy) is 1. The predicted molar refractivity (Wildman–Crippen MR) is 104 cm³/mol. The van der Waals surface area contributed by atoms with Crippen LogP contribution >= 0.6 is 0 Å². The van der Waals surface area contributed by atoms with Gasteiger partial charge < -0.3 is 4.74 Å². The summed E-state index contributed by atoms with van der Waals surface area (Å²) in [5, 5.41) is 13.1. The number of nitrogens with zero attached hydrogens (tertiary/aromatic N) is 5. The molecule has 0 unspecified atom stereocenters. The number of aromatic nitrogens is 6. The number of carbonyl (C=O) groups is 1. The molecule has 12 heteroatoms. The smallest absolute Gasteiger partial charge is 0.417 e. The second kappa shape index (κ2) is 7.70. The molecule has 1 amide bonds. The largest absolute Gasteiger partial charge is 0.463 e. The first-order valence-corrected chi connectivity index (χ1v) is 9.17. The summed E-state index contributed by atoms with van der Waals surface area (Å²) in [4.78, 5) is 21.1. The third-order valence-electron chi connectivity index (χ3n) is 4.35. The summed E-state index contributed by atoms with van der Waals surface area (Å²) < 4.78 is 46.6. The number of rotatable bonds is 5. The van der Waals surface area contributed by atoms with Gasteiger partial charge in [-0.05, 0) is 32.0 Å². The fourth-order valence-corrected chi connectivity index (χ4v) is 3.06. The Labute approximate surface area is 173 Å². The van der Waals surface area contributed by atoms with Crippen LogP contribution in [-0.2, 0) is 6.18 Å². The van der Waals surface area contributed by atoms with Crippen LogP contribution in [0.2, 0.25) is 0 Å². The van der Waals surface area contributed by atoms with E-state index in [0.29, 0.717) is 17.9 Å². The van der Waals surface area contributed by atoms with Crippen molar-refractivity contribution in [2.24, 2.45) is 0 Å². The van der Waals surface area contributed by atoms with Crippen molar-refractivity contribution in [2.45, 2.75) is 20.0 Å². The molecule has 0 radical (unpaired) electrons. The van der Waals surface area contributed by atoms with Crippen molar-refractivity contribution >= 4 is 17.5 Å². The van der Waals surface area contributed by atoms with E-state index in [2.05, 4.69) is 30.6 Å². The fraction of sp³-hybridized carbons (Fsp3) is 0.211. The van der Waals surface area contributed by atoms with E-state index in [1.807, 2.05) is 0 Å². The number of hydrogen-bond donors (Lipinski definition) is 2. The molecule has 160 valence electrons. The Balaban J connectivity index is 1.74. The van der Waals surface area contributed by atoms with Crippen LogP contribution in [0, 0.1) is 6.92 Å². The number of hydrogen-bond acceptors (Lipinski definition) is 6. The normalized spacial score (nSPS) is 11.6. The summed E-state index contributed by atoms with van der Waals surface area (Å²) in [5.74, 6) is -0.570. The van der Waals surface area contributed by atoms with Gasteiger partial charge in [0, 0.05) is 5.56 Å². The molecule has 0 aliphatic carbocycles. The number of H-pyrrole nitrogens is 1. The molecule has 4 rings (SSSR count). The van der Waals surface area contributed by atoms with Crippen molar-refractivity contribution in [3.63, 3.8) is 0 Å². The molecule has 0 saturated carbocycles. The van der Waals surface area contributed by atoms with Crippen LogP contribution in [0.15, 0.2) is 36.4 Å². The third-order valence-corrected chi connectivity index (χ3v) is 4.35. The lowest BCUT2D eigenvalue weighted by Crippen LogP contribution is -2.17. The second-order valence-corrected chi connectivity index (χ2v) is 6.43. The summed E-state index contributed by atoms with van der Waals surface area (Å²) in [7, 11) is 0. The van der Waals surface area contributed by atoms with E-state index in [9.17, 15) is 18.0 Å². The molecule has 9 nitrogen and oxygen atoms in total. The van der Waals surface area contributed by atoms with Crippen molar-refractivity contribution in [3.05, 3.63) is 53.3 Å². The molecule has 0 spiro atoms. The molecule has 31 heavy (non-hydrogen) atoms. The van der Waals surface area contributed by atoms with Gasteiger partial charge in [-0.3, -0.25) is 10.1 Å². The highest BCUT2D eigenvalue weighted by Crippen LogP contribution is 2.36. The Hall–Kier alpha value is -3.96. The topological polar surface area (TPSA) is 110 Å². The van der Waals surface area contributed by atoms with Gasteiger partial charge in [0.15, 0.2) is 11.3 Å². The van der Waals surface area contributed by atoms with Gasteiger partial charge >= 0.3 is 12.2 Å². The minimum atomic E-state index is -4.55. The van der Waals surface area contributed by atoms with E-state index in [1.165, 1.54) is 34.8 Å². The van der Waals surface area contributed by atoms with Crippen molar-refractivity contribution in [1.82, 2.24) is 29.8 Å². The Morgan fingerprint density at radius 1 is 1.19 bits per heavy atom. The third kappa shape index (κ3) is 3.91. The fourth-order valence-electron chi connectivity index (χ4n) is 3.06.